The molecule has 0 fully saturated rings. The quantitative estimate of drug-likeness (QED) is 0.666. The Morgan fingerprint density at radius 2 is 1.19 bits per heavy atom. The lowest BCUT2D eigenvalue weighted by atomic mass is 9.87. The highest BCUT2D eigenvalue weighted by Crippen LogP contribution is 2.41. The molecule has 0 aliphatic heterocycles. The van der Waals surface area contributed by atoms with E-state index >= 15 is 0 Å². The van der Waals surface area contributed by atoms with Crippen molar-refractivity contribution in [1.82, 2.24) is 0 Å². The van der Waals surface area contributed by atoms with Crippen molar-refractivity contribution < 1.29 is 0 Å². The molecule has 0 amide bonds. The summed E-state index contributed by atoms with van der Waals surface area (Å²) >= 11 is 0. The minimum absolute atomic E-state index is 0.558. The Balaban J connectivity index is 1.61. The molecule has 104 valence electrons. The lowest BCUT2D eigenvalue weighted by Crippen LogP contribution is -2.01. The molecule has 2 aromatic rings. The van der Waals surface area contributed by atoms with Crippen molar-refractivity contribution in [1.29, 1.82) is 0 Å². The van der Waals surface area contributed by atoms with Crippen LogP contribution >= 0.6 is 0 Å². The fourth-order valence-electron chi connectivity index (χ4n) is 3.68. The van der Waals surface area contributed by atoms with E-state index < -0.39 is 0 Å². The Labute approximate surface area is 126 Å². The minimum Gasteiger partial charge on any atom is -0.0763 e. The molecule has 2 atom stereocenters. The van der Waals surface area contributed by atoms with Gasteiger partial charge in [0.25, 0.3) is 0 Å². The van der Waals surface area contributed by atoms with Gasteiger partial charge >= 0.3 is 0 Å². The number of hydrogen-bond acceptors (Lipinski definition) is 0. The van der Waals surface area contributed by atoms with Gasteiger partial charge in [0.2, 0.25) is 0 Å². The molecule has 2 aliphatic carbocycles. The molecule has 0 heteroatoms. The number of fused-ring (bicyclic) bond motifs is 2. The number of allylic oxidation sites excluding steroid dienone is 2. The maximum atomic E-state index is 2.38. The number of hydrogen-bond donors (Lipinski definition) is 0. The highest BCUT2D eigenvalue weighted by Gasteiger charge is 2.24. The maximum Gasteiger partial charge on any atom is 0.00360 e. The summed E-state index contributed by atoms with van der Waals surface area (Å²) in [5.41, 5.74) is 8.50. The average Bonchev–Trinajstić information content (AvgIpc) is 3.03. The monoisotopic (exact) mass is 272 g/mol. The highest BCUT2D eigenvalue weighted by atomic mass is 14.3. The Kier molecular flexibility index (Phi) is 2.85. The molecule has 0 N–H and O–H groups in total. The maximum absolute atomic E-state index is 2.38. The predicted octanol–water partition coefficient (Wildman–Crippen LogP) is 5.61. The van der Waals surface area contributed by atoms with E-state index in [0.717, 1.165) is 0 Å². The minimum atomic E-state index is 0.558. The van der Waals surface area contributed by atoms with E-state index in [9.17, 15) is 0 Å². The zero-order valence-corrected chi connectivity index (χ0v) is 12.6. The van der Waals surface area contributed by atoms with Crippen LogP contribution in [0, 0.1) is 13.8 Å². The van der Waals surface area contributed by atoms with Crippen LogP contribution < -0.4 is 0 Å². The van der Waals surface area contributed by atoms with E-state index in [2.05, 4.69) is 74.5 Å². The summed E-state index contributed by atoms with van der Waals surface area (Å²) in [5.74, 6) is 1.12. The van der Waals surface area contributed by atoms with Crippen molar-refractivity contribution in [2.24, 2.45) is 0 Å². The van der Waals surface area contributed by atoms with Crippen LogP contribution in [-0.4, -0.2) is 0 Å². The number of rotatable bonds is 2. The van der Waals surface area contributed by atoms with Gasteiger partial charge in [-0.15, -0.1) is 0 Å². The second kappa shape index (κ2) is 4.73. The van der Waals surface area contributed by atoms with Gasteiger partial charge < -0.3 is 0 Å². The second-order valence-electron chi connectivity index (χ2n) is 6.43. The third-order valence-corrected chi connectivity index (χ3v) is 4.81. The average molecular weight is 272 g/mol. The van der Waals surface area contributed by atoms with E-state index in [1.54, 1.807) is 0 Å². The standard InChI is InChI=1S/C21H20/c1-14-3-9-20-16(11-14)5-7-18(20)13-19-8-6-17-12-15(2)4-10-21(17)19/h3-12,18-19H,13H2,1-2H3. The Morgan fingerprint density at radius 3 is 1.67 bits per heavy atom. The van der Waals surface area contributed by atoms with Gasteiger partial charge in [0.1, 0.15) is 0 Å². The molecule has 21 heavy (non-hydrogen) atoms. The van der Waals surface area contributed by atoms with Gasteiger partial charge in [0.05, 0.1) is 0 Å². The van der Waals surface area contributed by atoms with Crippen molar-refractivity contribution in [2.75, 3.05) is 0 Å². The van der Waals surface area contributed by atoms with E-state index in [0.29, 0.717) is 11.8 Å². The third kappa shape index (κ3) is 2.15. The van der Waals surface area contributed by atoms with Crippen molar-refractivity contribution in [3.8, 4) is 0 Å². The van der Waals surface area contributed by atoms with Crippen molar-refractivity contribution >= 4 is 12.2 Å². The first-order chi connectivity index (χ1) is 10.2. The molecule has 2 unspecified atom stereocenters. The summed E-state index contributed by atoms with van der Waals surface area (Å²) in [6, 6.07) is 13.7. The van der Waals surface area contributed by atoms with Crippen LogP contribution in [0.25, 0.3) is 12.2 Å². The first kappa shape index (κ1) is 12.6. The normalized spacial score (nSPS) is 21.6. The van der Waals surface area contributed by atoms with Crippen molar-refractivity contribution in [3.05, 3.63) is 81.9 Å². The molecular formula is C21H20. The molecular weight excluding hydrogens is 252 g/mol. The Morgan fingerprint density at radius 1 is 0.714 bits per heavy atom. The van der Waals surface area contributed by atoms with Crippen LogP contribution in [0.1, 0.15) is 51.6 Å². The molecule has 2 aromatic carbocycles. The van der Waals surface area contributed by atoms with Gasteiger partial charge in [-0.05, 0) is 42.5 Å². The molecule has 0 radical (unpaired) electrons. The van der Waals surface area contributed by atoms with Gasteiger partial charge in [-0.2, -0.15) is 0 Å². The molecule has 0 saturated carbocycles. The van der Waals surface area contributed by atoms with Crippen LogP contribution in [0.3, 0.4) is 0 Å². The first-order valence-corrected chi connectivity index (χ1v) is 7.78. The third-order valence-electron chi connectivity index (χ3n) is 4.81. The van der Waals surface area contributed by atoms with Gasteiger partial charge in [0, 0.05) is 11.8 Å². The fourth-order valence-corrected chi connectivity index (χ4v) is 3.68. The van der Waals surface area contributed by atoms with Gasteiger partial charge in [-0.3, -0.25) is 0 Å². The summed E-state index contributed by atoms with van der Waals surface area (Å²) in [5, 5.41) is 0. The van der Waals surface area contributed by atoms with E-state index in [1.807, 2.05) is 0 Å². The van der Waals surface area contributed by atoms with Crippen LogP contribution in [0.5, 0.6) is 0 Å². The van der Waals surface area contributed by atoms with Gasteiger partial charge in [-0.1, -0.05) is 71.8 Å². The summed E-state index contributed by atoms with van der Waals surface area (Å²) in [4.78, 5) is 0. The van der Waals surface area contributed by atoms with E-state index in [-0.39, 0.29) is 0 Å². The van der Waals surface area contributed by atoms with E-state index in [4.69, 9.17) is 0 Å². The topological polar surface area (TPSA) is 0 Å². The smallest absolute Gasteiger partial charge is 0.00360 e. The van der Waals surface area contributed by atoms with E-state index in [1.165, 1.54) is 39.8 Å². The molecule has 0 nitrogen and oxygen atoms in total. The predicted molar refractivity (Wildman–Crippen MR) is 90.5 cm³/mol. The first-order valence-electron chi connectivity index (χ1n) is 7.78. The van der Waals surface area contributed by atoms with Crippen LogP contribution in [0.15, 0.2) is 48.6 Å². The molecule has 0 heterocycles. The summed E-state index contributed by atoms with van der Waals surface area (Å²) < 4.78 is 0. The SMILES string of the molecule is Cc1ccc2c(c1)C=CC2CC1C=Cc2cc(C)ccc21. The lowest BCUT2D eigenvalue weighted by molar-refractivity contribution is 0.686. The highest BCUT2D eigenvalue weighted by molar-refractivity contribution is 5.65. The molecule has 4 rings (SSSR count). The Bertz CT molecular complexity index is 696. The summed E-state index contributed by atoms with van der Waals surface area (Å²) in [6.07, 6.45) is 10.5. The van der Waals surface area contributed by atoms with Crippen molar-refractivity contribution in [3.63, 3.8) is 0 Å². The zero-order valence-electron chi connectivity index (χ0n) is 12.6. The molecule has 0 saturated heterocycles. The van der Waals surface area contributed by atoms with Crippen LogP contribution in [0.2, 0.25) is 0 Å². The fraction of sp³-hybridized carbons (Fsp3) is 0.238. The van der Waals surface area contributed by atoms with Crippen LogP contribution in [-0.2, 0) is 0 Å². The van der Waals surface area contributed by atoms with Gasteiger partial charge in [-0.25, -0.2) is 0 Å². The number of benzene rings is 2. The van der Waals surface area contributed by atoms with Crippen LogP contribution in [0.4, 0.5) is 0 Å². The summed E-state index contributed by atoms with van der Waals surface area (Å²) in [7, 11) is 0. The zero-order chi connectivity index (χ0) is 14.4. The Hall–Kier alpha value is -2.08. The van der Waals surface area contributed by atoms with Crippen molar-refractivity contribution in [2.45, 2.75) is 32.1 Å². The molecule has 2 aliphatic rings. The van der Waals surface area contributed by atoms with Gasteiger partial charge in [0.15, 0.2) is 0 Å². The largest absolute Gasteiger partial charge is 0.0763 e. The summed E-state index contributed by atoms with van der Waals surface area (Å²) in [6.45, 7) is 4.33. The molecule has 0 aromatic heterocycles. The molecule has 0 spiro atoms. The second-order valence-corrected chi connectivity index (χ2v) is 6.43. The lowest BCUT2D eigenvalue weighted by Gasteiger charge is -2.17. The molecule has 0 bridgehead atoms. The number of aryl methyl sites for hydroxylation is 2.